The van der Waals surface area contributed by atoms with Crippen molar-refractivity contribution in [3.05, 3.63) is 85.3 Å². The van der Waals surface area contributed by atoms with E-state index in [4.69, 9.17) is 4.99 Å². The number of rotatable bonds is 6. The second kappa shape index (κ2) is 10.00. The summed E-state index contributed by atoms with van der Waals surface area (Å²) in [5.41, 5.74) is 5.06. The highest BCUT2D eigenvalue weighted by Crippen LogP contribution is 2.32. The number of aliphatic imine (C=N–C) groups is 1. The van der Waals surface area contributed by atoms with E-state index in [0.29, 0.717) is 17.8 Å². The van der Waals surface area contributed by atoms with Crippen LogP contribution in [0.1, 0.15) is 47.8 Å². The number of nitrogens with zero attached hydrogens (tertiary/aromatic N) is 3. The third-order valence-electron chi connectivity index (χ3n) is 6.46. The molecule has 1 aliphatic heterocycles. The fraction of sp³-hybridized carbons (Fsp3) is 0.423. The Balaban J connectivity index is 1.66. The maximum atomic E-state index is 12.9. The maximum Gasteiger partial charge on any atom is 0.332 e. The third kappa shape index (κ3) is 5.08. The summed E-state index contributed by atoms with van der Waals surface area (Å²) in [5.74, 6) is 1.54. The molecule has 2 aromatic heterocycles. The predicted molar refractivity (Wildman–Crippen MR) is 137 cm³/mol. The first-order valence-corrected chi connectivity index (χ1v) is 12.6. The minimum Gasteiger partial charge on any atom is -0.362 e. The van der Waals surface area contributed by atoms with E-state index in [0.717, 1.165) is 36.5 Å². The lowest BCUT2D eigenvalue weighted by atomic mass is 9.94. The molecule has 0 bridgehead atoms. The molecular formula is C26H32N4O2S. The standard InChI is InChI=1S/C26H32N4O2S/c1-5-20-12-13-21(27-20)16-33-24-19(10-9-18-8-6-7-17(2)15-18)11-14-22-23(28-24)29(3)26(32)30(4)25(22)31/h6-8,12-13,15,19,27H,5,9-11,14,16H2,1-4H3. The normalized spacial score (nSPS) is 15.8. The molecule has 0 spiro atoms. The zero-order valence-corrected chi connectivity index (χ0v) is 20.7. The topological polar surface area (TPSA) is 72.2 Å². The molecule has 0 aliphatic carbocycles. The van der Waals surface area contributed by atoms with Gasteiger partial charge in [0.05, 0.1) is 10.6 Å². The van der Waals surface area contributed by atoms with E-state index in [9.17, 15) is 9.59 Å². The zero-order valence-electron chi connectivity index (χ0n) is 19.9. The highest BCUT2D eigenvalue weighted by molar-refractivity contribution is 8.13. The fourth-order valence-corrected chi connectivity index (χ4v) is 5.56. The summed E-state index contributed by atoms with van der Waals surface area (Å²) in [6.45, 7) is 4.25. The van der Waals surface area contributed by atoms with E-state index in [2.05, 4.69) is 55.2 Å². The fourth-order valence-electron chi connectivity index (χ4n) is 4.46. The van der Waals surface area contributed by atoms with E-state index in [1.807, 2.05) is 0 Å². The molecular weight excluding hydrogens is 432 g/mol. The molecule has 0 fully saturated rings. The van der Waals surface area contributed by atoms with Crippen LogP contribution in [0.15, 0.2) is 51.0 Å². The van der Waals surface area contributed by atoms with Crippen molar-refractivity contribution in [2.45, 2.75) is 51.7 Å². The Kier molecular flexibility index (Phi) is 7.08. The van der Waals surface area contributed by atoms with E-state index >= 15 is 0 Å². The van der Waals surface area contributed by atoms with Gasteiger partial charge in [-0.25, -0.2) is 9.79 Å². The van der Waals surface area contributed by atoms with Gasteiger partial charge in [0.2, 0.25) is 0 Å². The number of fused-ring (bicyclic) bond motifs is 1. The molecule has 0 amide bonds. The summed E-state index contributed by atoms with van der Waals surface area (Å²) in [6.07, 6.45) is 4.38. The highest BCUT2D eigenvalue weighted by Gasteiger charge is 2.25. The van der Waals surface area contributed by atoms with Crippen LogP contribution >= 0.6 is 11.8 Å². The second-order valence-electron chi connectivity index (χ2n) is 8.87. The third-order valence-corrected chi connectivity index (χ3v) is 7.64. The summed E-state index contributed by atoms with van der Waals surface area (Å²) in [5, 5.41) is 1.01. The van der Waals surface area contributed by atoms with E-state index in [1.165, 1.54) is 31.6 Å². The smallest absolute Gasteiger partial charge is 0.332 e. The van der Waals surface area contributed by atoms with Crippen LogP contribution < -0.4 is 11.2 Å². The first-order valence-electron chi connectivity index (χ1n) is 11.6. The minimum atomic E-state index is -0.331. The monoisotopic (exact) mass is 464 g/mol. The van der Waals surface area contributed by atoms with Gasteiger partial charge in [-0.15, -0.1) is 11.8 Å². The van der Waals surface area contributed by atoms with E-state index < -0.39 is 0 Å². The van der Waals surface area contributed by atoms with Gasteiger partial charge in [0.25, 0.3) is 5.56 Å². The number of benzene rings is 1. The molecule has 3 heterocycles. The Morgan fingerprint density at radius 2 is 1.91 bits per heavy atom. The van der Waals surface area contributed by atoms with Gasteiger partial charge in [0, 0.05) is 37.2 Å². The van der Waals surface area contributed by atoms with Gasteiger partial charge in [-0.1, -0.05) is 36.8 Å². The first kappa shape index (κ1) is 23.4. The molecule has 6 nitrogen and oxygen atoms in total. The summed E-state index contributed by atoms with van der Waals surface area (Å²) >= 11 is 1.72. The van der Waals surface area contributed by atoms with Crippen LogP contribution in [-0.2, 0) is 39.1 Å². The van der Waals surface area contributed by atoms with Crippen LogP contribution in [0.4, 0.5) is 5.82 Å². The molecule has 4 rings (SSSR count). The van der Waals surface area contributed by atoms with Crippen molar-refractivity contribution in [2.24, 2.45) is 25.0 Å². The van der Waals surface area contributed by atoms with Gasteiger partial charge in [0.15, 0.2) is 0 Å². The van der Waals surface area contributed by atoms with Crippen molar-refractivity contribution in [1.29, 1.82) is 0 Å². The van der Waals surface area contributed by atoms with Crippen LogP contribution in [0.5, 0.6) is 0 Å². The maximum absolute atomic E-state index is 12.9. The van der Waals surface area contributed by atoms with Crippen LogP contribution in [0.3, 0.4) is 0 Å². The van der Waals surface area contributed by atoms with Crippen LogP contribution in [0, 0.1) is 12.8 Å². The number of hydrogen-bond donors (Lipinski definition) is 1. The molecule has 1 aliphatic rings. The van der Waals surface area contributed by atoms with Gasteiger partial charge in [-0.3, -0.25) is 13.9 Å². The molecule has 0 radical (unpaired) electrons. The molecule has 0 saturated heterocycles. The number of aromatic amines is 1. The number of thioether (sulfide) groups is 1. The first-order chi connectivity index (χ1) is 15.9. The Labute approximate surface area is 198 Å². The highest BCUT2D eigenvalue weighted by atomic mass is 32.2. The molecule has 7 heteroatoms. The molecule has 3 aromatic rings. The average Bonchev–Trinajstić information content (AvgIpc) is 3.20. The SMILES string of the molecule is CCc1ccc(CSC2=Nc3c(c(=O)n(C)c(=O)n3C)CCC2CCc2cccc(C)c2)[nH]1. The van der Waals surface area contributed by atoms with E-state index in [1.54, 1.807) is 25.9 Å². The molecule has 33 heavy (non-hydrogen) atoms. The van der Waals surface area contributed by atoms with Crippen molar-refractivity contribution in [3.8, 4) is 0 Å². The summed E-state index contributed by atoms with van der Waals surface area (Å²) in [7, 11) is 3.25. The lowest BCUT2D eigenvalue weighted by Gasteiger charge is -2.17. The quantitative estimate of drug-likeness (QED) is 0.586. The largest absolute Gasteiger partial charge is 0.362 e. The van der Waals surface area contributed by atoms with Crippen molar-refractivity contribution >= 4 is 22.6 Å². The van der Waals surface area contributed by atoms with Gasteiger partial charge in [-0.2, -0.15) is 0 Å². The molecule has 0 saturated carbocycles. The zero-order chi connectivity index (χ0) is 23.5. The van der Waals surface area contributed by atoms with Gasteiger partial charge >= 0.3 is 5.69 Å². The van der Waals surface area contributed by atoms with Crippen LogP contribution in [-0.4, -0.2) is 19.2 Å². The number of hydrogen-bond acceptors (Lipinski definition) is 4. The Hall–Kier alpha value is -2.80. The van der Waals surface area contributed by atoms with Crippen molar-refractivity contribution < 1.29 is 0 Å². The number of aryl methyl sites for hydroxylation is 3. The number of aromatic nitrogens is 3. The average molecular weight is 465 g/mol. The van der Waals surface area contributed by atoms with E-state index in [-0.39, 0.29) is 17.2 Å². The second-order valence-corrected chi connectivity index (χ2v) is 9.87. The summed E-state index contributed by atoms with van der Waals surface area (Å²) in [4.78, 5) is 33.9. The lowest BCUT2D eigenvalue weighted by molar-refractivity contribution is 0.580. The van der Waals surface area contributed by atoms with Gasteiger partial charge in [-0.05, 0) is 56.7 Å². The Morgan fingerprint density at radius 1 is 1.12 bits per heavy atom. The van der Waals surface area contributed by atoms with Gasteiger partial charge in [0.1, 0.15) is 5.82 Å². The number of nitrogens with one attached hydrogen (secondary N) is 1. The van der Waals surface area contributed by atoms with Crippen LogP contribution in [0.25, 0.3) is 0 Å². The number of H-pyrrole nitrogens is 1. The molecule has 1 N–H and O–H groups in total. The minimum absolute atomic E-state index is 0.225. The molecule has 1 atom stereocenters. The summed E-state index contributed by atoms with van der Waals surface area (Å²) in [6, 6.07) is 12.9. The van der Waals surface area contributed by atoms with Gasteiger partial charge < -0.3 is 4.98 Å². The summed E-state index contributed by atoms with van der Waals surface area (Å²) < 4.78 is 2.71. The lowest BCUT2D eigenvalue weighted by Crippen LogP contribution is -2.38. The Morgan fingerprint density at radius 3 is 2.64 bits per heavy atom. The van der Waals surface area contributed by atoms with Crippen molar-refractivity contribution in [2.75, 3.05) is 0 Å². The molecule has 1 aromatic carbocycles. The molecule has 174 valence electrons. The van der Waals surface area contributed by atoms with Crippen molar-refractivity contribution in [3.63, 3.8) is 0 Å². The van der Waals surface area contributed by atoms with Crippen LogP contribution in [0.2, 0.25) is 0 Å². The van der Waals surface area contributed by atoms with Crippen molar-refractivity contribution in [1.82, 2.24) is 14.1 Å². The predicted octanol–water partition coefficient (Wildman–Crippen LogP) is 4.44. The Bertz CT molecular complexity index is 1300. The molecule has 1 unspecified atom stereocenters.